The molecule has 1 aromatic carbocycles. The SMILES string of the molecule is CC(C(=O)Nc1ccc(OC(F)(F)F)cc1)N1C[C@@H]2CCC[C@@]2(C(=O)O)C1. The molecule has 3 atom stereocenters. The van der Waals surface area contributed by atoms with E-state index < -0.39 is 23.8 Å². The highest BCUT2D eigenvalue weighted by atomic mass is 19.4. The Morgan fingerprint density at radius 3 is 2.56 bits per heavy atom. The molecule has 1 saturated heterocycles. The topological polar surface area (TPSA) is 78.9 Å². The molecule has 148 valence electrons. The highest BCUT2D eigenvalue weighted by Crippen LogP contribution is 2.49. The Labute approximate surface area is 154 Å². The summed E-state index contributed by atoms with van der Waals surface area (Å²) in [7, 11) is 0. The van der Waals surface area contributed by atoms with Crippen LogP contribution in [-0.4, -0.2) is 47.4 Å². The molecule has 1 unspecified atom stereocenters. The second-order valence-corrected chi connectivity index (χ2v) is 7.22. The maximum absolute atomic E-state index is 12.5. The fourth-order valence-electron chi connectivity index (χ4n) is 4.13. The number of alkyl halides is 3. The number of benzene rings is 1. The first-order valence-electron chi connectivity index (χ1n) is 8.75. The van der Waals surface area contributed by atoms with E-state index in [9.17, 15) is 27.9 Å². The van der Waals surface area contributed by atoms with Crippen LogP contribution in [0.25, 0.3) is 0 Å². The number of rotatable bonds is 5. The number of halogens is 3. The fourth-order valence-corrected chi connectivity index (χ4v) is 4.13. The number of ether oxygens (including phenoxy) is 1. The molecule has 6 nitrogen and oxygen atoms in total. The quantitative estimate of drug-likeness (QED) is 0.813. The van der Waals surface area contributed by atoms with Crippen LogP contribution in [0.5, 0.6) is 5.75 Å². The smallest absolute Gasteiger partial charge is 0.481 e. The molecule has 2 fully saturated rings. The van der Waals surface area contributed by atoms with Crippen LogP contribution in [-0.2, 0) is 9.59 Å². The molecule has 1 aromatic rings. The normalized spacial score (nSPS) is 26.4. The molecule has 0 radical (unpaired) electrons. The molecule has 1 aliphatic carbocycles. The Bertz CT molecular complexity index is 722. The maximum atomic E-state index is 12.5. The molecule has 1 amide bonds. The van der Waals surface area contributed by atoms with Crippen molar-refractivity contribution in [1.82, 2.24) is 4.90 Å². The maximum Gasteiger partial charge on any atom is 0.573 e. The predicted octanol–water partition coefficient (Wildman–Crippen LogP) is 3.10. The van der Waals surface area contributed by atoms with E-state index in [0.717, 1.165) is 25.0 Å². The fraction of sp³-hybridized carbons (Fsp3) is 0.556. The molecule has 3 rings (SSSR count). The van der Waals surface area contributed by atoms with Crippen LogP contribution >= 0.6 is 0 Å². The minimum atomic E-state index is -4.77. The van der Waals surface area contributed by atoms with Crippen molar-refractivity contribution in [2.24, 2.45) is 11.3 Å². The van der Waals surface area contributed by atoms with Gasteiger partial charge in [-0.05, 0) is 49.9 Å². The molecule has 0 spiro atoms. The van der Waals surface area contributed by atoms with Crippen LogP contribution in [0.4, 0.5) is 18.9 Å². The van der Waals surface area contributed by atoms with Crippen LogP contribution in [0.1, 0.15) is 26.2 Å². The standard InChI is InChI=1S/C18H21F3N2O4/c1-11(23-9-12-3-2-8-17(12,10-23)16(25)26)15(24)22-13-4-6-14(7-5-13)27-18(19,20)21/h4-7,11-12H,2-3,8-10H2,1H3,(H,22,24)(H,25,26)/t11?,12-,17+/m0/s1. The number of carboxylic acid groups (broad SMARTS) is 1. The van der Waals surface area contributed by atoms with Crippen molar-refractivity contribution in [3.8, 4) is 5.75 Å². The Morgan fingerprint density at radius 1 is 1.33 bits per heavy atom. The molecule has 1 saturated carbocycles. The highest BCUT2D eigenvalue weighted by Gasteiger charge is 2.55. The lowest BCUT2D eigenvalue weighted by Crippen LogP contribution is -2.43. The summed E-state index contributed by atoms with van der Waals surface area (Å²) < 4.78 is 40.3. The average molecular weight is 386 g/mol. The van der Waals surface area contributed by atoms with E-state index in [1.807, 2.05) is 4.90 Å². The number of carbonyl (C=O) groups is 2. The van der Waals surface area contributed by atoms with Gasteiger partial charge in [0, 0.05) is 18.8 Å². The number of hydrogen-bond donors (Lipinski definition) is 2. The Kier molecular flexibility index (Phi) is 5.07. The number of fused-ring (bicyclic) bond motifs is 1. The zero-order chi connectivity index (χ0) is 19.8. The van der Waals surface area contributed by atoms with Crippen LogP contribution in [0, 0.1) is 11.3 Å². The van der Waals surface area contributed by atoms with Gasteiger partial charge in [0.2, 0.25) is 5.91 Å². The van der Waals surface area contributed by atoms with Crippen LogP contribution < -0.4 is 10.1 Å². The van der Waals surface area contributed by atoms with Crippen LogP contribution in [0.3, 0.4) is 0 Å². The molecule has 2 aliphatic rings. The van der Waals surface area contributed by atoms with Gasteiger partial charge in [0.05, 0.1) is 11.5 Å². The number of carbonyl (C=O) groups excluding carboxylic acids is 1. The number of hydrogen-bond acceptors (Lipinski definition) is 4. The number of nitrogens with one attached hydrogen (secondary N) is 1. The molecular formula is C18H21F3N2O4. The van der Waals surface area contributed by atoms with E-state index in [1.54, 1.807) is 6.92 Å². The third kappa shape index (κ3) is 4.02. The first-order chi connectivity index (χ1) is 12.6. The molecule has 0 aromatic heterocycles. The van der Waals surface area contributed by atoms with Gasteiger partial charge in [-0.3, -0.25) is 14.5 Å². The van der Waals surface area contributed by atoms with Gasteiger partial charge in [-0.2, -0.15) is 0 Å². The molecular weight excluding hydrogens is 365 g/mol. The Morgan fingerprint density at radius 2 is 2.00 bits per heavy atom. The molecule has 2 N–H and O–H groups in total. The van der Waals surface area contributed by atoms with Gasteiger partial charge in [-0.15, -0.1) is 13.2 Å². The van der Waals surface area contributed by atoms with Gasteiger partial charge >= 0.3 is 12.3 Å². The first kappa shape index (κ1) is 19.5. The van der Waals surface area contributed by atoms with E-state index in [-0.39, 0.29) is 17.6 Å². The second-order valence-electron chi connectivity index (χ2n) is 7.22. The molecule has 27 heavy (non-hydrogen) atoms. The predicted molar refractivity (Wildman–Crippen MR) is 90.2 cm³/mol. The van der Waals surface area contributed by atoms with E-state index in [0.29, 0.717) is 25.2 Å². The van der Waals surface area contributed by atoms with Gasteiger partial charge in [0.1, 0.15) is 5.75 Å². The summed E-state index contributed by atoms with van der Waals surface area (Å²) >= 11 is 0. The lowest BCUT2D eigenvalue weighted by atomic mass is 9.81. The van der Waals surface area contributed by atoms with Crippen molar-refractivity contribution in [3.05, 3.63) is 24.3 Å². The number of amides is 1. The van der Waals surface area contributed by atoms with Crippen molar-refractivity contribution in [1.29, 1.82) is 0 Å². The van der Waals surface area contributed by atoms with Crippen molar-refractivity contribution in [2.45, 2.75) is 38.6 Å². The summed E-state index contributed by atoms with van der Waals surface area (Å²) in [5.74, 6) is -1.46. The lowest BCUT2D eigenvalue weighted by Gasteiger charge is -2.26. The largest absolute Gasteiger partial charge is 0.573 e. The average Bonchev–Trinajstić information content (AvgIpc) is 3.12. The van der Waals surface area contributed by atoms with Crippen molar-refractivity contribution in [2.75, 3.05) is 18.4 Å². The summed E-state index contributed by atoms with van der Waals surface area (Å²) in [4.78, 5) is 26.1. The van der Waals surface area contributed by atoms with Gasteiger partial charge in [0.15, 0.2) is 0 Å². The number of carboxylic acids is 1. The monoisotopic (exact) mass is 386 g/mol. The molecule has 1 aliphatic heterocycles. The first-order valence-corrected chi connectivity index (χ1v) is 8.75. The minimum absolute atomic E-state index is 0.0454. The lowest BCUT2D eigenvalue weighted by molar-refractivity contribution is -0.274. The second kappa shape index (κ2) is 7.03. The summed E-state index contributed by atoms with van der Waals surface area (Å²) in [5.41, 5.74) is -0.431. The summed E-state index contributed by atoms with van der Waals surface area (Å²) in [6.07, 6.45) is -2.42. The molecule has 0 bridgehead atoms. The summed E-state index contributed by atoms with van der Waals surface area (Å²) in [6.45, 7) is 2.59. The van der Waals surface area contributed by atoms with E-state index in [2.05, 4.69) is 10.1 Å². The highest BCUT2D eigenvalue weighted by molar-refractivity contribution is 5.94. The number of anilines is 1. The van der Waals surface area contributed by atoms with Crippen molar-refractivity contribution < 1.29 is 32.6 Å². The van der Waals surface area contributed by atoms with E-state index in [1.165, 1.54) is 12.1 Å². The van der Waals surface area contributed by atoms with Crippen molar-refractivity contribution in [3.63, 3.8) is 0 Å². The number of aliphatic carboxylic acids is 1. The van der Waals surface area contributed by atoms with E-state index >= 15 is 0 Å². The van der Waals surface area contributed by atoms with E-state index in [4.69, 9.17) is 0 Å². The zero-order valence-corrected chi connectivity index (χ0v) is 14.8. The summed E-state index contributed by atoms with van der Waals surface area (Å²) in [5, 5.41) is 12.3. The minimum Gasteiger partial charge on any atom is -0.481 e. The van der Waals surface area contributed by atoms with Crippen LogP contribution in [0.2, 0.25) is 0 Å². The Balaban J connectivity index is 1.61. The van der Waals surface area contributed by atoms with Crippen molar-refractivity contribution >= 4 is 17.6 Å². The third-order valence-electron chi connectivity index (χ3n) is 5.61. The third-order valence-corrected chi connectivity index (χ3v) is 5.61. The van der Waals surface area contributed by atoms with Crippen LogP contribution in [0.15, 0.2) is 24.3 Å². The van der Waals surface area contributed by atoms with Gasteiger partial charge in [-0.1, -0.05) is 6.42 Å². The summed E-state index contributed by atoms with van der Waals surface area (Å²) in [6, 6.07) is 4.34. The van der Waals surface area contributed by atoms with Gasteiger partial charge in [0.25, 0.3) is 0 Å². The molecule has 1 heterocycles. The Hall–Kier alpha value is -2.29. The zero-order valence-electron chi connectivity index (χ0n) is 14.8. The number of likely N-dealkylation sites (tertiary alicyclic amines) is 1. The van der Waals surface area contributed by atoms with Gasteiger partial charge < -0.3 is 15.2 Å². The molecule has 9 heteroatoms. The number of nitrogens with zero attached hydrogens (tertiary/aromatic N) is 1. The van der Waals surface area contributed by atoms with Gasteiger partial charge in [-0.25, -0.2) is 0 Å².